The smallest absolute Gasteiger partial charge is 0.481 e. The van der Waals surface area contributed by atoms with Crippen molar-refractivity contribution in [2.75, 3.05) is 18.1 Å². The van der Waals surface area contributed by atoms with E-state index in [0.29, 0.717) is 18.2 Å². The lowest BCUT2D eigenvalue weighted by molar-refractivity contribution is -0.192. The molecule has 3 N–H and O–H groups in total. The molecule has 0 spiro atoms. The topological polar surface area (TPSA) is 104 Å². The van der Waals surface area contributed by atoms with Gasteiger partial charge in [-0.3, -0.25) is 9.59 Å². The molecular weight excluding hydrogens is 395 g/mol. The summed E-state index contributed by atoms with van der Waals surface area (Å²) in [6.07, 6.45) is 1.00. The van der Waals surface area contributed by atoms with Crippen molar-refractivity contribution in [1.82, 2.24) is 5.32 Å². The molecule has 2 aliphatic carbocycles. The number of hydrogen-bond acceptors (Lipinski definition) is 5. The zero-order valence-electron chi connectivity index (χ0n) is 14.0. The Balaban J connectivity index is 0.000000412. The molecule has 0 heterocycles. The van der Waals surface area contributed by atoms with Crippen molar-refractivity contribution in [2.24, 2.45) is 11.3 Å². The number of halogens is 3. The van der Waals surface area contributed by atoms with E-state index in [1.54, 1.807) is 21.6 Å². The predicted molar refractivity (Wildman–Crippen MR) is 92.9 cm³/mol. The van der Waals surface area contributed by atoms with Gasteiger partial charge in [0.05, 0.1) is 11.8 Å². The first kappa shape index (κ1) is 22.9. The van der Waals surface area contributed by atoms with Crippen LogP contribution in [0.1, 0.15) is 38.5 Å². The molecule has 1 amide bonds. The van der Waals surface area contributed by atoms with Crippen LogP contribution in [0, 0.1) is 11.3 Å². The Kier molecular flexibility index (Phi) is 9.08. The summed E-state index contributed by atoms with van der Waals surface area (Å²) in [5.41, 5.74) is -0.000628. The lowest BCUT2D eigenvalue weighted by Gasteiger charge is -2.20. The second-order valence-corrected chi connectivity index (χ2v) is 8.85. The van der Waals surface area contributed by atoms with Crippen LogP contribution in [-0.4, -0.2) is 52.3 Å². The van der Waals surface area contributed by atoms with Crippen molar-refractivity contribution < 1.29 is 37.8 Å². The molecule has 0 radical (unpaired) electrons. The summed E-state index contributed by atoms with van der Waals surface area (Å²) in [6.45, 7) is 0.693. The average molecular weight is 417 g/mol. The summed E-state index contributed by atoms with van der Waals surface area (Å²) in [7, 11) is 3.20. The fourth-order valence-electron chi connectivity index (χ4n) is 2.92. The maximum absolute atomic E-state index is 12.1. The SMILES string of the molecule is O=C(O)C(F)(F)F.O=C(O)CCSSCCNC(=O)C12CCCCC1C2. The zero-order chi connectivity index (χ0) is 19.8. The van der Waals surface area contributed by atoms with Gasteiger partial charge in [0.2, 0.25) is 5.91 Å². The highest BCUT2D eigenvalue weighted by Crippen LogP contribution is 2.61. The number of aliphatic carboxylic acids is 2. The molecule has 0 bridgehead atoms. The highest BCUT2D eigenvalue weighted by atomic mass is 33.1. The van der Waals surface area contributed by atoms with Gasteiger partial charge < -0.3 is 15.5 Å². The quantitative estimate of drug-likeness (QED) is 0.412. The van der Waals surface area contributed by atoms with Gasteiger partial charge in [0.15, 0.2) is 0 Å². The van der Waals surface area contributed by atoms with Crippen LogP contribution in [0.5, 0.6) is 0 Å². The maximum atomic E-state index is 12.1. The van der Waals surface area contributed by atoms with Gasteiger partial charge in [0, 0.05) is 18.1 Å². The van der Waals surface area contributed by atoms with Gasteiger partial charge in [-0.15, -0.1) is 0 Å². The fraction of sp³-hybridized carbons (Fsp3) is 0.800. The van der Waals surface area contributed by atoms with Gasteiger partial charge in [0.1, 0.15) is 0 Å². The highest BCUT2D eigenvalue weighted by Gasteiger charge is 2.59. The molecule has 2 unspecified atom stereocenters. The number of carbonyl (C=O) groups is 3. The van der Waals surface area contributed by atoms with Crippen molar-refractivity contribution >= 4 is 39.4 Å². The molecule has 0 aromatic heterocycles. The third-order valence-electron chi connectivity index (χ3n) is 4.31. The van der Waals surface area contributed by atoms with Crippen LogP contribution in [0.25, 0.3) is 0 Å². The summed E-state index contributed by atoms with van der Waals surface area (Å²) in [6, 6.07) is 0. The minimum atomic E-state index is -5.08. The summed E-state index contributed by atoms with van der Waals surface area (Å²) in [5, 5.41) is 18.7. The largest absolute Gasteiger partial charge is 0.490 e. The van der Waals surface area contributed by atoms with Crippen molar-refractivity contribution in [3.63, 3.8) is 0 Å². The predicted octanol–water partition coefficient (Wildman–Crippen LogP) is 3.17. The lowest BCUT2D eigenvalue weighted by atomic mass is 9.88. The maximum Gasteiger partial charge on any atom is 0.490 e. The minimum absolute atomic E-state index is 0.000628. The number of rotatable bonds is 8. The van der Waals surface area contributed by atoms with Crippen LogP contribution >= 0.6 is 21.6 Å². The van der Waals surface area contributed by atoms with Crippen LogP contribution < -0.4 is 5.32 Å². The Labute approximate surface area is 157 Å². The number of amides is 1. The standard InChI is InChI=1S/C13H21NO3S2.C2HF3O2/c15-11(16)4-7-18-19-8-6-14-12(17)13-5-2-1-3-10(13)9-13;3-2(4,5)1(6)7/h10H,1-9H2,(H,14,17)(H,15,16);(H,6,7). The van der Waals surface area contributed by atoms with E-state index in [1.165, 1.54) is 19.3 Å². The molecular formula is C15H22F3NO5S2. The molecule has 2 rings (SSSR count). The van der Waals surface area contributed by atoms with Crippen molar-refractivity contribution in [2.45, 2.75) is 44.7 Å². The Morgan fingerprint density at radius 3 is 2.27 bits per heavy atom. The Morgan fingerprint density at radius 2 is 1.73 bits per heavy atom. The lowest BCUT2D eigenvalue weighted by Crippen LogP contribution is -2.35. The number of carboxylic acid groups (broad SMARTS) is 2. The highest BCUT2D eigenvalue weighted by molar-refractivity contribution is 8.76. The molecule has 11 heteroatoms. The number of fused-ring (bicyclic) bond motifs is 1. The van der Waals surface area contributed by atoms with E-state index >= 15 is 0 Å². The fourth-order valence-corrected chi connectivity index (χ4v) is 4.80. The third kappa shape index (κ3) is 7.65. The number of carboxylic acids is 2. The van der Waals surface area contributed by atoms with Gasteiger partial charge in [0.25, 0.3) is 0 Å². The second kappa shape index (κ2) is 10.3. The van der Waals surface area contributed by atoms with Crippen molar-refractivity contribution in [1.29, 1.82) is 0 Å². The van der Waals surface area contributed by atoms with E-state index < -0.39 is 18.1 Å². The molecule has 2 saturated carbocycles. The van der Waals surface area contributed by atoms with Gasteiger partial charge in [-0.25, -0.2) is 4.79 Å². The number of nitrogens with one attached hydrogen (secondary N) is 1. The average Bonchev–Trinajstić information content (AvgIpc) is 3.29. The monoisotopic (exact) mass is 417 g/mol. The Bertz CT molecular complexity index is 518. The second-order valence-electron chi connectivity index (χ2n) is 6.15. The third-order valence-corrected chi connectivity index (χ3v) is 6.71. The molecule has 2 aliphatic rings. The minimum Gasteiger partial charge on any atom is -0.481 e. The first-order chi connectivity index (χ1) is 12.1. The van der Waals surface area contributed by atoms with Crippen LogP contribution in [-0.2, 0) is 14.4 Å². The van der Waals surface area contributed by atoms with Crippen LogP contribution in [0.15, 0.2) is 0 Å². The van der Waals surface area contributed by atoms with Gasteiger partial charge in [-0.2, -0.15) is 13.2 Å². The first-order valence-electron chi connectivity index (χ1n) is 8.14. The van der Waals surface area contributed by atoms with E-state index in [4.69, 9.17) is 15.0 Å². The zero-order valence-corrected chi connectivity index (χ0v) is 15.6. The molecule has 26 heavy (non-hydrogen) atoms. The molecule has 150 valence electrons. The van der Waals surface area contributed by atoms with E-state index in [2.05, 4.69) is 5.32 Å². The summed E-state index contributed by atoms with van der Waals surface area (Å²) < 4.78 is 31.7. The molecule has 0 aliphatic heterocycles. The van der Waals surface area contributed by atoms with Crippen LogP contribution in [0.3, 0.4) is 0 Å². The summed E-state index contributed by atoms with van der Waals surface area (Å²) in [5.74, 6) is -1.13. The summed E-state index contributed by atoms with van der Waals surface area (Å²) in [4.78, 5) is 31.3. The number of hydrogen-bond donors (Lipinski definition) is 3. The Hall–Kier alpha value is -1.10. The molecule has 2 fully saturated rings. The van der Waals surface area contributed by atoms with Crippen molar-refractivity contribution in [3.8, 4) is 0 Å². The molecule has 2 atom stereocenters. The summed E-state index contributed by atoms with van der Waals surface area (Å²) >= 11 is 0. The van der Waals surface area contributed by atoms with Crippen LogP contribution in [0.4, 0.5) is 13.2 Å². The normalized spacial score (nSPS) is 23.9. The van der Waals surface area contributed by atoms with Gasteiger partial charge in [-0.1, -0.05) is 34.4 Å². The molecule has 0 saturated heterocycles. The first-order valence-corrected chi connectivity index (χ1v) is 10.6. The van der Waals surface area contributed by atoms with E-state index in [-0.39, 0.29) is 17.7 Å². The number of carbonyl (C=O) groups excluding carboxylic acids is 1. The van der Waals surface area contributed by atoms with E-state index in [1.807, 2.05) is 0 Å². The molecule has 0 aromatic carbocycles. The van der Waals surface area contributed by atoms with Gasteiger partial charge >= 0.3 is 18.1 Å². The molecule has 6 nitrogen and oxygen atoms in total. The number of alkyl halides is 3. The van der Waals surface area contributed by atoms with Crippen LogP contribution in [0.2, 0.25) is 0 Å². The Morgan fingerprint density at radius 1 is 1.12 bits per heavy atom. The van der Waals surface area contributed by atoms with Gasteiger partial charge in [-0.05, 0) is 25.2 Å². The van der Waals surface area contributed by atoms with E-state index in [0.717, 1.165) is 18.6 Å². The van der Waals surface area contributed by atoms with Crippen molar-refractivity contribution in [3.05, 3.63) is 0 Å². The molecule has 0 aromatic rings. The van der Waals surface area contributed by atoms with E-state index in [9.17, 15) is 22.8 Å².